The minimum absolute atomic E-state index is 0.0478. The molecule has 2 aliphatic carbocycles. The highest BCUT2D eigenvalue weighted by Crippen LogP contribution is 2.32. The van der Waals surface area contributed by atoms with Gasteiger partial charge >= 0.3 is 11.9 Å². The van der Waals surface area contributed by atoms with Gasteiger partial charge in [-0.3, -0.25) is 9.59 Å². The number of nitriles is 1. The molecule has 0 spiro atoms. The average Bonchev–Trinajstić information content (AvgIpc) is 3.20. The van der Waals surface area contributed by atoms with E-state index in [-0.39, 0.29) is 23.8 Å². The Hall–Kier alpha value is -4.69. The summed E-state index contributed by atoms with van der Waals surface area (Å²) in [6, 6.07) is 33.8. The molecule has 4 aromatic rings. The van der Waals surface area contributed by atoms with Crippen LogP contribution in [0.4, 0.5) is 0 Å². The quantitative estimate of drug-likeness (QED) is 0.135. The Bertz CT molecular complexity index is 1680. The van der Waals surface area contributed by atoms with Gasteiger partial charge in [0.1, 0.15) is 11.5 Å². The molecule has 5 heteroatoms. The lowest BCUT2D eigenvalue weighted by molar-refractivity contribution is -0.141. The van der Waals surface area contributed by atoms with Crippen LogP contribution in [-0.2, 0) is 22.4 Å². The second-order valence-corrected chi connectivity index (χ2v) is 14.5. The number of benzene rings is 4. The van der Waals surface area contributed by atoms with Crippen LogP contribution in [0.25, 0.3) is 11.1 Å². The molecule has 6 rings (SSSR count). The minimum Gasteiger partial charge on any atom is -0.426 e. The van der Waals surface area contributed by atoms with Crippen molar-refractivity contribution in [3.05, 3.63) is 119 Å². The van der Waals surface area contributed by atoms with Gasteiger partial charge in [0.15, 0.2) is 0 Å². The maximum absolute atomic E-state index is 12.0. The van der Waals surface area contributed by atoms with Gasteiger partial charge in [-0.2, -0.15) is 5.26 Å². The number of hydrogen-bond donors (Lipinski definition) is 0. The van der Waals surface area contributed by atoms with E-state index in [0.29, 0.717) is 17.1 Å². The minimum atomic E-state index is -0.0499. The third-order valence-electron chi connectivity index (χ3n) is 10.6. The van der Waals surface area contributed by atoms with Crippen LogP contribution in [0.15, 0.2) is 97.1 Å². The summed E-state index contributed by atoms with van der Waals surface area (Å²) in [4.78, 5) is 24.0. The lowest BCUT2D eigenvalue weighted by Crippen LogP contribution is -2.25. The zero-order valence-electron chi connectivity index (χ0n) is 31.9. The molecule has 0 bridgehead atoms. The first-order valence-electron chi connectivity index (χ1n) is 19.4. The normalized spacial score (nSPS) is 19.4. The van der Waals surface area contributed by atoms with Crippen LogP contribution in [0.2, 0.25) is 0 Å². The Kier molecular flexibility index (Phi) is 16.2. The van der Waals surface area contributed by atoms with Crippen molar-refractivity contribution in [3.8, 4) is 28.7 Å². The van der Waals surface area contributed by atoms with Crippen LogP contribution in [-0.4, -0.2) is 11.9 Å². The second-order valence-electron chi connectivity index (χ2n) is 14.5. The van der Waals surface area contributed by atoms with Gasteiger partial charge in [-0.25, -0.2) is 0 Å². The largest absolute Gasteiger partial charge is 0.426 e. The molecule has 0 radical (unpaired) electrons. The fraction of sp³-hybridized carbons (Fsp3) is 0.426. The molecular formula is C47H57NO4. The molecule has 52 heavy (non-hydrogen) atoms. The summed E-state index contributed by atoms with van der Waals surface area (Å²) in [5.41, 5.74) is 6.84. The van der Waals surface area contributed by atoms with Crippen molar-refractivity contribution in [1.82, 2.24) is 0 Å². The molecule has 2 fully saturated rings. The molecule has 0 heterocycles. The molecular weight excluding hydrogens is 643 g/mol. The zero-order chi connectivity index (χ0) is 37.3. The molecule has 0 saturated heterocycles. The molecule has 0 aliphatic heterocycles. The Morgan fingerprint density at radius 2 is 1.00 bits per heavy atom. The van der Waals surface area contributed by atoms with E-state index in [0.717, 1.165) is 68.8 Å². The number of esters is 2. The predicted octanol–water partition coefficient (Wildman–Crippen LogP) is 11.9. The Balaban J connectivity index is 0.000000175. The highest BCUT2D eigenvalue weighted by atomic mass is 16.5. The van der Waals surface area contributed by atoms with Crippen molar-refractivity contribution in [2.45, 2.75) is 105 Å². The molecule has 0 amide bonds. The molecule has 0 aromatic heterocycles. The standard InChI is InChI=1S/2C16H22O2.C15H13N/c1-3-13-6-8-14(9-7-13)16(17)18-15-10-4-12(2)5-11-15;1-3-13-6-10-15(11-7-13)18-16(17)14-8-4-12(2)5-9-14;1-2-12-3-7-14(8-4-12)15-9-5-13(11-16)6-10-15/h4-5,10-11,13-14H,3,6-9H2,1-2H3;6-7,10-12,14H,3-5,8-9H2,1-2H3;3-10H,2H2,1H3. The van der Waals surface area contributed by atoms with Gasteiger partial charge in [0.25, 0.3) is 0 Å². The SMILES string of the molecule is CCC1CCC(C(=O)Oc2ccc(C)cc2)CC1.CCc1ccc(-c2ccc(C#N)cc2)cc1.CCc1ccc(OC(=O)C2CCC(C)CC2)cc1. The fourth-order valence-corrected chi connectivity index (χ4v) is 6.77. The number of rotatable bonds is 8. The van der Waals surface area contributed by atoms with E-state index in [2.05, 4.69) is 58.0 Å². The number of hydrogen-bond acceptors (Lipinski definition) is 5. The first-order valence-corrected chi connectivity index (χ1v) is 19.4. The molecule has 5 nitrogen and oxygen atoms in total. The molecule has 0 unspecified atom stereocenters. The summed E-state index contributed by atoms with van der Waals surface area (Å²) >= 11 is 0. The Morgan fingerprint density at radius 1 is 0.596 bits per heavy atom. The van der Waals surface area contributed by atoms with Gasteiger partial charge in [-0.1, -0.05) is 100 Å². The summed E-state index contributed by atoms with van der Waals surface area (Å²) in [6.07, 6.45) is 11.9. The van der Waals surface area contributed by atoms with E-state index >= 15 is 0 Å². The summed E-state index contributed by atoms with van der Waals surface area (Å²) in [5.74, 6) is 3.03. The molecule has 4 aromatic carbocycles. The van der Waals surface area contributed by atoms with Crippen molar-refractivity contribution in [3.63, 3.8) is 0 Å². The summed E-state index contributed by atoms with van der Waals surface area (Å²) < 4.78 is 10.9. The van der Waals surface area contributed by atoms with Gasteiger partial charge in [0.05, 0.1) is 23.5 Å². The van der Waals surface area contributed by atoms with Crippen LogP contribution >= 0.6 is 0 Å². The Morgan fingerprint density at radius 3 is 1.42 bits per heavy atom. The molecule has 2 aliphatic rings. The van der Waals surface area contributed by atoms with Gasteiger partial charge in [0.2, 0.25) is 0 Å². The van der Waals surface area contributed by atoms with Crippen LogP contribution in [0.5, 0.6) is 11.5 Å². The highest BCUT2D eigenvalue weighted by Gasteiger charge is 2.27. The van der Waals surface area contributed by atoms with Crippen molar-refractivity contribution >= 4 is 11.9 Å². The van der Waals surface area contributed by atoms with Gasteiger partial charge < -0.3 is 9.47 Å². The van der Waals surface area contributed by atoms with E-state index in [1.165, 1.54) is 41.5 Å². The predicted molar refractivity (Wildman–Crippen MR) is 211 cm³/mol. The highest BCUT2D eigenvalue weighted by molar-refractivity contribution is 5.75. The van der Waals surface area contributed by atoms with E-state index in [1.807, 2.05) is 79.7 Å². The third-order valence-corrected chi connectivity index (χ3v) is 10.6. The van der Waals surface area contributed by atoms with Crippen LogP contribution in [0.3, 0.4) is 0 Å². The van der Waals surface area contributed by atoms with Crippen molar-refractivity contribution in [2.24, 2.45) is 23.7 Å². The van der Waals surface area contributed by atoms with Crippen LogP contribution in [0, 0.1) is 41.9 Å². The van der Waals surface area contributed by atoms with E-state index < -0.39 is 0 Å². The second kappa shape index (κ2) is 21.0. The molecule has 274 valence electrons. The smallest absolute Gasteiger partial charge is 0.314 e. The summed E-state index contributed by atoms with van der Waals surface area (Å²) in [6.45, 7) is 10.8. The van der Waals surface area contributed by atoms with Crippen LogP contribution < -0.4 is 9.47 Å². The topological polar surface area (TPSA) is 76.4 Å². The van der Waals surface area contributed by atoms with E-state index in [4.69, 9.17) is 14.7 Å². The zero-order valence-corrected chi connectivity index (χ0v) is 31.9. The van der Waals surface area contributed by atoms with E-state index in [9.17, 15) is 9.59 Å². The monoisotopic (exact) mass is 699 g/mol. The third kappa shape index (κ3) is 12.8. The lowest BCUT2D eigenvalue weighted by atomic mass is 9.81. The number of nitrogens with zero attached hydrogens (tertiary/aromatic N) is 1. The Labute approximate surface area is 312 Å². The van der Waals surface area contributed by atoms with Gasteiger partial charge in [-0.15, -0.1) is 0 Å². The lowest BCUT2D eigenvalue weighted by Gasteiger charge is -2.26. The maximum Gasteiger partial charge on any atom is 0.314 e. The number of carbonyl (C=O) groups excluding carboxylic acids is 2. The summed E-state index contributed by atoms with van der Waals surface area (Å²) in [5, 5.41) is 8.72. The molecule has 2 saturated carbocycles. The van der Waals surface area contributed by atoms with Crippen molar-refractivity contribution < 1.29 is 19.1 Å². The number of ether oxygens (including phenoxy) is 2. The van der Waals surface area contributed by atoms with Crippen LogP contribution in [0.1, 0.15) is 108 Å². The maximum atomic E-state index is 12.0. The number of aryl methyl sites for hydroxylation is 3. The summed E-state index contributed by atoms with van der Waals surface area (Å²) in [7, 11) is 0. The molecule has 0 N–H and O–H groups in total. The molecule has 0 atom stereocenters. The first kappa shape index (κ1) is 40.1. The van der Waals surface area contributed by atoms with Crippen molar-refractivity contribution in [2.75, 3.05) is 0 Å². The van der Waals surface area contributed by atoms with Gasteiger partial charge in [-0.05, 0) is 142 Å². The van der Waals surface area contributed by atoms with E-state index in [1.54, 1.807) is 0 Å². The fourth-order valence-electron chi connectivity index (χ4n) is 6.77. The van der Waals surface area contributed by atoms with Gasteiger partial charge in [0, 0.05) is 0 Å². The van der Waals surface area contributed by atoms with Crippen molar-refractivity contribution in [1.29, 1.82) is 5.26 Å². The first-order chi connectivity index (χ1) is 25.2. The number of carbonyl (C=O) groups is 2. The average molecular weight is 700 g/mol.